The molecule has 0 spiro atoms. The van der Waals surface area contributed by atoms with Gasteiger partial charge in [0.15, 0.2) is 0 Å². The predicted molar refractivity (Wildman–Crippen MR) is 80.3 cm³/mol. The van der Waals surface area contributed by atoms with Gasteiger partial charge in [-0.1, -0.05) is 17.7 Å². The number of hydrazine groups is 1. The summed E-state index contributed by atoms with van der Waals surface area (Å²) in [5.74, 6) is 6.25. The smallest absolute Gasteiger partial charge is 0.213 e. The van der Waals surface area contributed by atoms with Crippen molar-refractivity contribution in [1.29, 1.82) is 0 Å². The quantitative estimate of drug-likeness (QED) is 0.367. The fourth-order valence-electron chi connectivity index (χ4n) is 1.85. The number of ether oxygens (including phenoxy) is 1. The highest BCUT2D eigenvalue weighted by molar-refractivity contribution is 5.95. The lowest BCUT2D eigenvalue weighted by Gasteiger charge is -2.25. The Morgan fingerprint density at radius 3 is 2.53 bits per heavy atom. The largest absolute Gasteiger partial charge is 0.382 e. The minimum Gasteiger partial charge on any atom is -0.382 e. The highest BCUT2D eigenvalue weighted by Gasteiger charge is 2.12. The van der Waals surface area contributed by atoms with Crippen LogP contribution in [0.1, 0.15) is 19.4 Å². The van der Waals surface area contributed by atoms with E-state index in [0.29, 0.717) is 12.6 Å². The Balaban J connectivity index is 2.95. The van der Waals surface area contributed by atoms with Crippen molar-refractivity contribution in [1.82, 2.24) is 5.43 Å². The molecule has 0 fully saturated rings. The van der Waals surface area contributed by atoms with Crippen molar-refractivity contribution >= 4 is 11.6 Å². The molecule has 1 unspecified atom stereocenters. The number of anilines is 1. The van der Waals surface area contributed by atoms with Crippen LogP contribution in [0.4, 0.5) is 5.69 Å². The second-order valence-corrected chi connectivity index (χ2v) is 4.48. The summed E-state index contributed by atoms with van der Waals surface area (Å²) < 4.78 is 5.09. The Morgan fingerprint density at radius 1 is 1.42 bits per heavy atom. The molecule has 19 heavy (non-hydrogen) atoms. The van der Waals surface area contributed by atoms with E-state index < -0.39 is 0 Å². The monoisotopic (exact) mass is 264 g/mol. The molecule has 5 nitrogen and oxygen atoms in total. The first kappa shape index (κ1) is 15.5. The van der Waals surface area contributed by atoms with Gasteiger partial charge in [0, 0.05) is 19.3 Å². The summed E-state index contributed by atoms with van der Waals surface area (Å²) >= 11 is 0. The van der Waals surface area contributed by atoms with Gasteiger partial charge in [-0.2, -0.15) is 0 Å². The minimum atomic E-state index is 0.0514. The van der Waals surface area contributed by atoms with Crippen LogP contribution in [-0.4, -0.2) is 32.3 Å². The lowest BCUT2D eigenvalue weighted by molar-refractivity contribution is 0.185. The summed E-state index contributed by atoms with van der Waals surface area (Å²) in [7, 11) is 1.67. The standard InChI is InChI=1S/C14H24N4O/c1-5-18(13-8-6-11(2)7-9-13)14(17-15)16-12(3)10-19-4/h6-9,12H,5,10,15H2,1-4H3,(H,16,17). The summed E-state index contributed by atoms with van der Waals surface area (Å²) in [5, 5.41) is 0. The molecule has 106 valence electrons. The van der Waals surface area contributed by atoms with Crippen molar-refractivity contribution < 1.29 is 4.74 Å². The molecule has 0 amide bonds. The zero-order valence-electron chi connectivity index (χ0n) is 12.2. The van der Waals surface area contributed by atoms with Crippen LogP contribution in [0.15, 0.2) is 29.3 Å². The molecular formula is C14H24N4O. The van der Waals surface area contributed by atoms with E-state index in [1.807, 2.05) is 11.8 Å². The molecule has 1 aromatic rings. The molecule has 0 aliphatic carbocycles. The van der Waals surface area contributed by atoms with Crippen molar-refractivity contribution in [3.05, 3.63) is 29.8 Å². The van der Waals surface area contributed by atoms with E-state index in [-0.39, 0.29) is 6.04 Å². The predicted octanol–water partition coefficient (Wildman–Crippen LogP) is 1.68. The zero-order chi connectivity index (χ0) is 14.3. The number of methoxy groups -OCH3 is 1. The minimum absolute atomic E-state index is 0.0514. The zero-order valence-corrected chi connectivity index (χ0v) is 12.2. The molecule has 1 rings (SSSR count). The molecule has 0 bridgehead atoms. The van der Waals surface area contributed by atoms with E-state index in [1.54, 1.807) is 7.11 Å². The van der Waals surface area contributed by atoms with Crippen molar-refractivity contribution in [3.8, 4) is 0 Å². The van der Waals surface area contributed by atoms with Gasteiger partial charge < -0.3 is 9.64 Å². The van der Waals surface area contributed by atoms with Gasteiger partial charge in [-0.15, -0.1) is 0 Å². The number of benzene rings is 1. The van der Waals surface area contributed by atoms with Gasteiger partial charge in [0.25, 0.3) is 0 Å². The summed E-state index contributed by atoms with van der Waals surface area (Å²) in [6.45, 7) is 7.47. The highest BCUT2D eigenvalue weighted by Crippen LogP contribution is 2.15. The second kappa shape index (κ2) is 7.76. The third-order valence-corrected chi connectivity index (χ3v) is 2.80. The van der Waals surface area contributed by atoms with Crippen LogP contribution in [0.3, 0.4) is 0 Å². The first-order valence-electron chi connectivity index (χ1n) is 6.49. The number of nitrogens with one attached hydrogen (secondary N) is 1. The van der Waals surface area contributed by atoms with Crippen LogP contribution in [0.5, 0.6) is 0 Å². The third kappa shape index (κ3) is 4.54. The Kier molecular flexibility index (Phi) is 6.32. The fourth-order valence-corrected chi connectivity index (χ4v) is 1.85. The molecule has 1 atom stereocenters. The molecule has 0 radical (unpaired) electrons. The number of nitrogens with two attached hydrogens (primary N) is 1. The molecule has 5 heteroatoms. The molecule has 1 aromatic carbocycles. The van der Waals surface area contributed by atoms with Crippen molar-refractivity contribution in [3.63, 3.8) is 0 Å². The summed E-state index contributed by atoms with van der Waals surface area (Å²) in [4.78, 5) is 6.57. The Bertz CT molecular complexity index is 402. The van der Waals surface area contributed by atoms with Crippen molar-refractivity contribution in [2.75, 3.05) is 25.2 Å². The lowest BCUT2D eigenvalue weighted by atomic mass is 10.2. The maximum Gasteiger partial charge on any atom is 0.213 e. The number of hydrogen-bond acceptors (Lipinski definition) is 3. The van der Waals surface area contributed by atoms with Crippen molar-refractivity contribution in [2.45, 2.75) is 26.8 Å². The van der Waals surface area contributed by atoms with E-state index in [9.17, 15) is 0 Å². The van der Waals surface area contributed by atoms with Gasteiger partial charge >= 0.3 is 0 Å². The number of rotatable bonds is 5. The topological polar surface area (TPSA) is 62.9 Å². The van der Waals surface area contributed by atoms with Gasteiger partial charge in [-0.05, 0) is 32.9 Å². The Morgan fingerprint density at radius 2 is 2.05 bits per heavy atom. The summed E-state index contributed by atoms with van der Waals surface area (Å²) in [5.41, 5.74) is 4.97. The van der Waals surface area contributed by atoms with Crippen molar-refractivity contribution in [2.24, 2.45) is 10.8 Å². The normalized spacial score (nSPS) is 13.2. The maximum atomic E-state index is 5.60. The fraction of sp³-hybridized carbons (Fsp3) is 0.500. The second-order valence-electron chi connectivity index (χ2n) is 4.48. The SMILES string of the molecule is CCN(C(=NC(C)COC)NN)c1ccc(C)cc1. The number of guanidine groups is 1. The molecule has 3 N–H and O–H groups in total. The number of aliphatic imine (C=N–C) groups is 1. The first-order valence-corrected chi connectivity index (χ1v) is 6.49. The lowest BCUT2D eigenvalue weighted by Crippen LogP contribution is -2.45. The average molecular weight is 264 g/mol. The van der Waals surface area contributed by atoms with E-state index in [4.69, 9.17) is 10.6 Å². The maximum absolute atomic E-state index is 5.60. The van der Waals surface area contributed by atoms with E-state index in [1.165, 1.54) is 5.56 Å². The Hall–Kier alpha value is -1.59. The molecular weight excluding hydrogens is 240 g/mol. The summed E-state index contributed by atoms with van der Waals surface area (Å²) in [6, 6.07) is 8.32. The van der Waals surface area contributed by atoms with Crippen LogP contribution in [0.2, 0.25) is 0 Å². The summed E-state index contributed by atoms with van der Waals surface area (Å²) in [6.07, 6.45) is 0. The molecule has 0 saturated heterocycles. The van der Waals surface area contributed by atoms with Gasteiger partial charge in [0.1, 0.15) is 0 Å². The molecule has 0 aliphatic heterocycles. The van der Waals surface area contributed by atoms with Gasteiger partial charge in [-0.3, -0.25) is 5.43 Å². The van der Waals surface area contributed by atoms with Gasteiger partial charge in [0.2, 0.25) is 5.96 Å². The van der Waals surface area contributed by atoms with Crippen LogP contribution >= 0.6 is 0 Å². The highest BCUT2D eigenvalue weighted by atomic mass is 16.5. The third-order valence-electron chi connectivity index (χ3n) is 2.80. The van der Waals surface area contributed by atoms with Gasteiger partial charge in [0.05, 0.1) is 12.6 Å². The van der Waals surface area contributed by atoms with Crippen LogP contribution in [0, 0.1) is 6.92 Å². The number of aryl methyl sites for hydroxylation is 1. The number of nitrogens with zero attached hydrogens (tertiary/aromatic N) is 2. The van der Waals surface area contributed by atoms with Crippen LogP contribution < -0.4 is 16.2 Å². The Labute approximate surface area is 115 Å². The molecule has 0 saturated carbocycles. The average Bonchev–Trinajstić information content (AvgIpc) is 2.40. The van der Waals surface area contributed by atoms with Crippen LogP contribution in [-0.2, 0) is 4.74 Å². The van der Waals surface area contributed by atoms with E-state index >= 15 is 0 Å². The van der Waals surface area contributed by atoms with E-state index in [0.717, 1.165) is 12.2 Å². The first-order chi connectivity index (χ1) is 9.12. The van der Waals surface area contributed by atoms with Crippen LogP contribution in [0.25, 0.3) is 0 Å². The van der Waals surface area contributed by atoms with Gasteiger partial charge in [-0.25, -0.2) is 10.8 Å². The number of hydrogen-bond donors (Lipinski definition) is 2. The molecule has 0 aliphatic rings. The molecule has 0 heterocycles. The molecule has 0 aromatic heterocycles. The van der Waals surface area contributed by atoms with E-state index in [2.05, 4.69) is 48.5 Å².